The quantitative estimate of drug-likeness (QED) is 0.168. The minimum atomic E-state index is 0.576. The van der Waals surface area contributed by atoms with Gasteiger partial charge in [0.05, 0.1) is 28.9 Å². The first-order valence-corrected chi connectivity index (χ1v) is 22.5. The number of hydrogen-bond donors (Lipinski definition) is 0. The largest absolute Gasteiger partial charge is 0.456 e. The zero-order valence-electron chi connectivity index (χ0n) is 32.4. The van der Waals surface area contributed by atoms with E-state index in [2.05, 4.69) is 83.5 Å². The summed E-state index contributed by atoms with van der Waals surface area (Å²) in [7, 11) is 0. The van der Waals surface area contributed by atoms with E-state index in [1.54, 1.807) is 11.1 Å². The number of pyridine rings is 2. The molecule has 4 aromatic carbocycles. The first-order valence-electron chi connectivity index (χ1n) is 22.5. The van der Waals surface area contributed by atoms with E-state index in [0.717, 1.165) is 56.8 Å². The van der Waals surface area contributed by atoms with E-state index in [-0.39, 0.29) is 0 Å². The molecule has 0 radical (unpaired) electrons. The van der Waals surface area contributed by atoms with E-state index >= 15 is 0 Å². The van der Waals surface area contributed by atoms with Crippen molar-refractivity contribution in [3.05, 3.63) is 102 Å². The molecular formula is C53H41N3O2. The number of hydrogen-bond acceptors (Lipinski definition) is 4. The molecule has 58 heavy (non-hydrogen) atoms. The van der Waals surface area contributed by atoms with Crippen LogP contribution in [0, 0.1) is 29.1 Å². The van der Waals surface area contributed by atoms with Crippen LogP contribution in [0.25, 0.3) is 93.1 Å². The van der Waals surface area contributed by atoms with Crippen molar-refractivity contribution in [3.63, 3.8) is 0 Å². The molecule has 0 saturated heterocycles. The Bertz CT molecular complexity index is 3460. The molecule has 5 nitrogen and oxygen atoms in total. The summed E-state index contributed by atoms with van der Waals surface area (Å²) in [5.41, 5.74) is 16.7. The molecule has 8 aliphatic carbocycles. The molecule has 1 spiro atoms. The zero-order valence-corrected chi connectivity index (χ0v) is 32.4. The molecule has 0 aliphatic heterocycles. The molecule has 0 N–H and O–H groups in total. The molecule has 8 aliphatic rings. The van der Waals surface area contributed by atoms with Gasteiger partial charge in [-0.3, -0.25) is 9.97 Å². The molecule has 7 unspecified atom stereocenters. The molecule has 7 bridgehead atoms. The molecule has 18 rings (SSSR count). The lowest BCUT2D eigenvalue weighted by atomic mass is 9.56. The van der Waals surface area contributed by atoms with Crippen molar-refractivity contribution in [2.24, 2.45) is 29.1 Å². The lowest BCUT2D eigenvalue weighted by molar-refractivity contribution is 0.00321. The number of para-hydroxylation sites is 2. The number of rotatable bonds is 1. The molecule has 10 aromatic rings. The van der Waals surface area contributed by atoms with Gasteiger partial charge < -0.3 is 13.2 Å². The number of fused-ring (bicyclic) bond motifs is 18. The van der Waals surface area contributed by atoms with Crippen LogP contribution in [0.15, 0.2) is 88.0 Å². The molecule has 5 heteroatoms. The second-order valence-electron chi connectivity index (χ2n) is 20.5. The SMILES string of the molecule is c1ccc2c(c1)oc1cc3oc4ccccc4c3c(-c3cc4c5c6c(ncc5n5c7cnc8c(c7c(c3)c45)C3CC4CC5CC8CC54C3)C3CC4CC(C3)CC6C4)c12. The van der Waals surface area contributed by atoms with Crippen LogP contribution in [-0.2, 0) is 0 Å². The van der Waals surface area contributed by atoms with Crippen LogP contribution in [0.5, 0.6) is 0 Å². The third-order valence-electron chi connectivity index (χ3n) is 18.2. The van der Waals surface area contributed by atoms with Crippen molar-refractivity contribution in [2.75, 3.05) is 0 Å². The molecule has 280 valence electrons. The summed E-state index contributed by atoms with van der Waals surface area (Å²) in [5.74, 6) is 5.87. The highest BCUT2D eigenvalue weighted by atomic mass is 16.3. The van der Waals surface area contributed by atoms with Gasteiger partial charge in [-0.15, -0.1) is 0 Å². The van der Waals surface area contributed by atoms with Gasteiger partial charge in [0, 0.05) is 77.9 Å². The van der Waals surface area contributed by atoms with Crippen molar-refractivity contribution in [1.29, 1.82) is 0 Å². The molecule has 5 saturated carbocycles. The van der Waals surface area contributed by atoms with Crippen molar-refractivity contribution in [1.82, 2.24) is 14.4 Å². The van der Waals surface area contributed by atoms with Crippen LogP contribution in [0.2, 0.25) is 0 Å². The maximum atomic E-state index is 6.72. The van der Waals surface area contributed by atoms with E-state index in [1.807, 2.05) is 0 Å². The number of nitrogens with zero attached hydrogens (tertiary/aromatic N) is 3. The highest BCUT2D eigenvalue weighted by Crippen LogP contribution is 2.76. The summed E-state index contributed by atoms with van der Waals surface area (Å²) in [4.78, 5) is 11.1. The second-order valence-corrected chi connectivity index (χ2v) is 20.5. The van der Waals surface area contributed by atoms with Gasteiger partial charge in [-0.2, -0.15) is 0 Å². The monoisotopic (exact) mass is 751 g/mol. The molecule has 0 amide bonds. The zero-order chi connectivity index (χ0) is 36.9. The van der Waals surface area contributed by atoms with Gasteiger partial charge in [0.1, 0.15) is 22.3 Å². The molecular weight excluding hydrogens is 711 g/mol. The summed E-state index contributed by atoms with van der Waals surface area (Å²) in [6.07, 6.45) is 18.2. The van der Waals surface area contributed by atoms with Gasteiger partial charge in [-0.05, 0) is 146 Å². The summed E-state index contributed by atoms with van der Waals surface area (Å²) in [6, 6.07) is 24.5. The Labute approximate surface area is 333 Å². The van der Waals surface area contributed by atoms with Crippen molar-refractivity contribution < 1.29 is 8.83 Å². The predicted octanol–water partition coefficient (Wildman–Crippen LogP) is 13.9. The highest BCUT2D eigenvalue weighted by molar-refractivity contribution is 6.30. The molecule has 6 heterocycles. The summed E-state index contributed by atoms with van der Waals surface area (Å²) in [5, 5.41) is 10.4. The van der Waals surface area contributed by atoms with Crippen LogP contribution in [0.1, 0.15) is 110 Å². The summed E-state index contributed by atoms with van der Waals surface area (Å²) in [6.45, 7) is 0. The normalized spacial score (nSPS) is 31.5. The van der Waals surface area contributed by atoms with E-state index in [4.69, 9.17) is 18.8 Å². The highest BCUT2D eigenvalue weighted by Gasteiger charge is 2.66. The van der Waals surface area contributed by atoms with E-state index < -0.39 is 0 Å². The van der Waals surface area contributed by atoms with Crippen LogP contribution < -0.4 is 0 Å². The summed E-state index contributed by atoms with van der Waals surface area (Å²) < 4.78 is 16.1. The van der Waals surface area contributed by atoms with Crippen molar-refractivity contribution in [2.45, 2.75) is 87.9 Å². The number of aromatic nitrogens is 3. The molecule has 6 aromatic heterocycles. The van der Waals surface area contributed by atoms with E-state index in [9.17, 15) is 0 Å². The first kappa shape index (κ1) is 29.7. The predicted molar refractivity (Wildman–Crippen MR) is 230 cm³/mol. The third kappa shape index (κ3) is 3.22. The Kier molecular flexibility index (Phi) is 4.89. The average molecular weight is 752 g/mol. The Morgan fingerprint density at radius 2 is 1.09 bits per heavy atom. The average Bonchev–Trinajstić information content (AvgIpc) is 4.05. The number of furan rings is 2. The van der Waals surface area contributed by atoms with Gasteiger partial charge in [0.15, 0.2) is 0 Å². The Morgan fingerprint density at radius 3 is 1.76 bits per heavy atom. The fourth-order valence-electron chi connectivity index (χ4n) is 16.5. The topological polar surface area (TPSA) is 56.5 Å². The maximum absolute atomic E-state index is 6.72. The van der Waals surface area contributed by atoms with Gasteiger partial charge in [-0.25, -0.2) is 0 Å². The van der Waals surface area contributed by atoms with Gasteiger partial charge in [0.2, 0.25) is 0 Å². The minimum absolute atomic E-state index is 0.576. The van der Waals surface area contributed by atoms with Crippen molar-refractivity contribution >= 4 is 82.0 Å². The van der Waals surface area contributed by atoms with E-state index in [1.165, 1.54) is 136 Å². The van der Waals surface area contributed by atoms with Gasteiger partial charge >= 0.3 is 0 Å². The summed E-state index contributed by atoms with van der Waals surface area (Å²) >= 11 is 0. The van der Waals surface area contributed by atoms with Crippen LogP contribution in [0.3, 0.4) is 0 Å². The van der Waals surface area contributed by atoms with Crippen LogP contribution in [-0.4, -0.2) is 14.4 Å². The lowest BCUT2D eigenvalue weighted by Crippen LogP contribution is -2.41. The van der Waals surface area contributed by atoms with Crippen LogP contribution >= 0.6 is 0 Å². The van der Waals surface area contributed by atoms with Crippen molar-refractivity contribution in [3.8, 4) is 11.1 Å². The Hall–Kier alpha value is -5.42. The maximum Gasteiger partial charge on any atom is 0.139 e. The molecule has 7 atom stereocenters. The van der Waals surface area contributed by atoms with Gasteiger partial charge in [0.25, 0.3) is 0 Å². The standard InChI is InChI=1S/C53H41N3O2/c1-3-7-39-33(5-1)48-41(57-39)19-42-49(34-6-2-4-8-40(34)58-42)43(48)27-16-35-46-37(22-54-50-28-12-24-9-25(13-28)11-26(10-24)44(46)50)56-38-23-55-51-30-15-32-18-31-14-29(20-53(31,32)21-30)45(51)47(38)36(17-27)52(35)56/h1-8,16-17,19,22-26,28-32H,9-15,18,20-21H2. The smallest absolute Gasteiger partial charge is 0.139 e. The number of benzene rings is 4. The first-order chi connectivity index (χ1) is 28.6. The fraction of sp³-hybridized carbons (Fsp3) is 0.358. The van der Waals surface area contributed by atoms with Gasteiger partial charge in [-0.1, -0.05) is 36.4 Å². The van der Waals surface area contributed by atoms with E-state index in [0.29, 0.717) is 29.1 Å². The fourth-order valence-corrected chi connectivity index (χ4v) is 16.5. The second kappa shape index (κ2) is 9.54. The third-order valence-corrected chi connectivity index (χ3v) is 18.2. The molecule has 5 fully saturated rings. The lowest BCUT2D eigenvalue weighted by Gasteiger charge is -2.48. The Morgan fingerprint density at radius 1 is 0.517 bits per heavy atom. The minimum Gasteiger partial charge on any atom is -0.456 e. The Balaban J connectivity index is 1.08. The van der Waals surface area contributed by atoms with Crippen LogP contribution in [0.4, 0.5) is 0 Å².